The van der Waals surface area contributed by atoms with Crippen LogP contribution >= 0.6 is 23.2 Å². The second-order valence-corrected chi connectivity index (χ2v) is 14.8. The summed E-state index contributed by atoms with van der Waals surface area (Å²) in [5.74, 6) is -1.67. The van der Waals surface area contributed by atoms with Crippen LogP contribution < -0.4 is 5.32 Å². The van der Waals surface area contributed by atoms with Crippen LogP contribution in [0.5, 0.6) is 0 Å². The van der Waals surface area contributed by atoms with Crippen molar-refractivity contribution < 1.29 is 41.4 Å². The second-order valence-electron chi connectivity index (χ2n) is 14.1. The van der Waals surface area contributed by atoms with Gasteiger partial charge in [-0.2, -0.15) is 19.0 Å². The van der Waals surface area contributed by atoms with Crippen LogP contribution in [0.2, 0.25) is 5.02 Å². The molecule has 57 heavy (non-hydrogen) atoms. The molecule has 0 aliphatic carbocycles. The summed E-state index contributed by atoms with van der Waals surface area (Å²) in [6.45, 7) is 2.07. The van der Waals surface area contributed by atoms with E-state index in [9.17, 15) is 27.2 Å². The number of nitrogens with one attached hydrogen (secondary N) is 1. The van der Waals surface area contributed by atoms with Crippen molar-refractivity contribution in [1.29, 1.82) is 0 Å². The minimum absolute atomic E-state index is 0.00949. The van der Waals surface area contributed by atoms with Crippen molar-refractivity contribution in [2.75, 3.05) is 6.61 Å². The maximum absolute atomic E-state index is 15.3. The Morgan fingerprint density at radius 3 is 2.32 bits per heavy atom. The second kappa shape index (κ2) is 16.7. The fourth-order valence-corrected chi connectivity index (χ4v) is 6.78. The summed E-state index contributed by atoms with van der Waals surface area (Å²) in [6.07, 6.45) is -0.620. The van der Waals surface area contributed by atoms with Crippen LogP contribution in [0.15, 0.2) is 96.5 Å². The summed E-state index contributed by atoms with van der Waals surface area (Å²) in [4.78, 5) is 49.7. The molecule has 3 heterocycles. The number of aromatic nitrogens is 5. The first-order chi connectivity index (χ1) is 27.1. The fourth-order valence-electron chi connectivity index (χ4n) is 6.52. The molecule has 5 aromatic rings. The third-order valence-electron chi connectivity index (χ3n) is 8.87. The Balaban J connectivity index is 1.49. The lowest BCUT2D eigenvalue weighted by Gasteiger charge is -2.35. The molecule has 19 heteroatoms. The Morgan fingerprint density at radius 1 is 0.965 bits per heavy atom. The lowest BCUT2D eigenvalue weighted by Crippen LogP contribution is -2.47. The molecular formula is C38H34Cl2F4N8O5. The van der Waals surface area contributed by atoms with Gasteiger partial charge in [0.05, 0.1) is 22.9 Å². The monoisotopic (exact) mass is 828 g/mol. The standard InChI is InChI=1S/C38H34Cl2F4N8O5/c1-37(2,3)20-38(26-12-9-23(10-13-26)25-16-46-50(17-25)34(43)44)32(53)51(35(49-38)48-36(55)57-18-22-7-5-4-6-8-22)29(19-56-33(40)54)24-11-14-27(39)28(15-24)52-31(30(41)42)45-21-47-52/h4-17,21,29-30,34H,18-20H2,1-3H3,(H,48,49,55)/t29?,38-/m1/s1. The van der Waals surface area contributed by atoms with Crippen molar-refractivity contribution in [1.82, 2.24) is 34.8 Å². The van der Waals surface area contributed by atoms with Gasteiger partial charge in [-0.15, -0.1) is 4.99 Å². The molecule has 1 saturated heterocycles. The molecule has 1 aliphatic rings. The molecule has 3 aromatic carbocycles. The highest BCUT2D eigenvalue weighted by Crippen LogP contribution is 2.43. The van der Waals surface area contributed by atoms with Gasteiger partial charge >= 0.3 is 18.1 Å². The zero-order valence-electron chi connectivity index (χ0n) is 30.5. The Hall–Kier alpha value is -5.81. The van der Waals surface area contributed by atoms with Gasteiger partial charge in [0.1, 0.15) is 25.1 Å². The zero-order valence-corrected chi connectivity index (χ0v) is 32.0. The molecule has 2 atom stereocenters. The number of carbonyl (C=O) groups is 3. The molecular weight excluding hydrogens is 795 g/mol. The van der Waals surface area contributed by atoms with Crippen molar-refractivity contribution >= 4 is 46.6 Å². The first-order valence-corrected chi connectivity index (χ1v) is 18.0. The van der Waals surface area contributed by atoms with Crippen LogP contribution in [-0.4, -0.2) is 59.4 Å². The molecule has 1 fully saturated rings. The summed E-state index contributed by atoms with van der Waals surface area (Å²) in [5, 5.41) is 10.8. The third-order valence-corrected chi connectivity index (χ3v) is 9.30. The summed E-state index contributed by atoms with van der Waals surface area (Å²) in [6, 6.07) is 18.2. The maximum Gasteiger partial charge on any atom is 0.437 e. The number of rotatable bonds is 12. The molecule has 2 aromatic heterocycles. The Morgan fingerprint density at radius 2 is 1.68 bits per heavy atom. The van der Waals surface area contributed by atoms with Crippen LogP contribution in [0.1, 0.15) is 68.7 Å². The summed E-state index contributed by atoms with van der Waals surface area (Å²) in [5.41, 5.74) is -1.35. The first-order valence-electron chi connectivity index (χ1n) is 17.2. The molecule has 2 amide bonds. The van der Waals surface area contributed by atoms with Crippen molar-refractivity contribution in [2.24, 2.45) is 10.4 Å². The van der Waals surface area contributed by atoms with E-state index in [-0.39, 0.29) is 35.3 Å². The highest BCUT2D eigenvalue weighted by Gasteiger charge is 2.55. The van der Waals surface area contributed by atoms with Crippen LogP contribution in [0, 0.1) is 5.41 Å². The van der Waals surface area contributed by atoms with E-state index in [0.29, 0.717) is 26.9 Å². The van der Waals surface area contributed by atoms with Crippen LogP contribution in [0.3, 0.4) is 0 Å². The zero-order chi connectivity index (χ0) is 41.1. The molecule has 298 valence electrons. The van der Waals surface area contributed by atoms with Gasteiger partial charge in [0, 0.05) is 23.4 Å². The smallest absolute Gasteiger partial charge is 0.437 e. The molecule has 6 rings (SSSR count). The van der Waals surface area contributed by atoms with E-state index in [1.54, 1.807) is 54.6 Å². The minimum Gasteiger partial charge on any atom is -0.451 e. The van der Waals surface area contributed by atoms with Gasteiger partial charge in [-0.3, -0.25) is 9.69 Å². The topological polar surface area (TPSA) is 146 Å². The predicted molar refractivity (Wildman–Crippen MR) is 200 cm³/mol. The van der Waals surface area contributed by atoms with Gasteiger partial charge in [0.25, 0.3) is 12.3 Å². The highest BCUT2D eigenvalue weighted by molar-refractivity contribution is 6.61. The van der Waals surface area contributed by atoms with Crippen LogP contribution in [0.4, 0.5) is 27.2 Å². The molecule has 0 bridgehead atoms. The fraction of sp³-hybridized carbons (Fsp3) is 0.289. The largest absolute Gasteiger partial charge is 0.451 e. The van der Waals surface area contributed by atoms with E-state index in [4.69, 9.17) is 32.7 Å². The van der Waals surface area contributed by atoms with Crippen molar-refractivity contribution in [2.45, 2.75) is 58.4 Å². The molecule has 0 radical (unpaired) electrons. The number of alkyl halides is 4. The highest BCUT2D eigenvalue weighted by atomic mass is 35.5. The lowest BCUT2D eigenvalue weighted by atomic mass is 9.75. The average molecular weight is 830 g/mol. The summed E-state index contributed by atoms with van der Waals surface area (Å²) in [7, 11) is 0. The predicted octanol–water partition coefficient (Wildman–Crippen LogP) is 8.99. The number of hydrogen-bond donors (Lipinski definition) is 1. The van der Waals surface area contributed by atoms with Gasteiger partial charge in [-0.1, -0.05) is 93.0 Å². The molecule has 0 saturated carbocycles. The molecule has 0 spiro atoms. The van der Waals surface area contributed by atoms with Gasteiger partial charge in [-0.05, 0) is 46.2 Å². The SMILES string of the molecule is CC(C)(C)C[C@]1(c2ccc(-c3cnn(C(F)F)c3)cc2)NC(=NC(=O)OCc2ccccc2)N(C(COC(=O)Cl)c2ccc(Cl)c(-n3ncnc3C(F)F)c2)C1=O. The maximum atomic E-state index is 15.3. The van der Waals surface area contributed by atoms with Gasteiger partial charge in [-0.25, -0.2) is 32.7 Å². The average Bonchev–Trinajstić information content (AvgIpc) is 3.91. The number of ether oxygens (including phenoxy) is 2. The van der Waals surface area contributed by atoms with Gasteiger partial charge < -0.3 is 14.8 Å². The Labute approximate surface area is 333 Å². The number of amides is 2. The molecule has 1 N–H and O–H groups in total. The van der Waals surface area contributed by atoms with E-state index in [1.165, 1.54) is 30.6 Å². The van der Waals surface area contributed by atoms with E-state index >= 15 is 4.79 Å². The first kappa shape index (κ1) is 40.8. The number of carbonyl (C=O) groups excluding carboxylic acids is 3. The number of nitrogens with zero attached hydrogens (tertiary/aromatic N) is 7. The van der Waals surface area contributed by atoms with Crippen LogP contribution in [-0.2, 0) is 26.4 Å². The molecule has 1 unspecified atom stereocenters. The van der Waals surface area contributed by atoms with Gasteiger partial charge in [0.15, 0.2) is 5.82 Å². The lowest BCUT2D eigenvalue weighted by molar-refractivity contribution is -0.134. The Bertz CT molecular complexity index is 2280. The minimum atomic E-state index is -3.03. The normalized spacial score (nSPS) is 17.0. The number of benzene rings is 3. The summed E-state index contributed by atoms with van der Waals surface area (Å²) < 4.78 is 66.5. The van der Waals surface area contributed by atoms with Crippen molar-refractivity contribution in [3.05, 3.63) is 119 Å². The number of hydrogen-bond acceptors (Lipinski definition) is 8. The van der Waals surface area contributed by atoms with E-state index in [2.05, 4.69) is 25.5 Å². The van der Waals surface area contributed by atoms with E-state index < -0.39 is 59.8 Å². The van der Waals surface area contributed by atoms with E-state index in [0.717, 1.165) is 15.9 Å². The third kappa shape index (κ3) is 9.10. The van der Waals surface area contributed by atoms with Crippen LogP contribution in [0.25, 0.3) is 16.8 Å². The number of guanidine groups is 1. The quantitative estimate of drug-likeness (QED) is 0.0962. The van der Waals surface area contributed by atoms with Crippen molar-refractivity contribution in [3.63, 3.8) is 0 Å². The van der Waals surface area contributed by atoms with Crippen molar-refractivity contribution in [3.8, 4) is 16.8 Å². The number of halogens is 6. The molecule has 13 nitrogen and oxygen atoms in total. The Kier molecular flexibility index (Phi) is 12.0. The molecule has 1 aliphatic heterocycles. The van der Waals surface area contributed by atoms with E-state index in [1.807, 2.05) is 20.8 Å². The number of aliphatic imine (C=N–C) groups is 1. The van der Waals surface area contributed by atoms with Gasteiger partial charge in [0.2, 0.25) is 5.96 Å². The summed E-state index contributed by atoms with van der Waals surface area (Å²) >= 11 is 12.1.